The summed E-state index contributed by atoms with van der Waals surface area (Å²) in [6.07, 6.45) is 1.02. The molecule has 0 heterocycles. The summed E-state index contributed by atoms with van der Waals surface area (Å²) in [5, 5.41) is 8.81. The summed E-state index contributed by atoms with van der Waals surface area (Å²) in [7, 11) is 2.06. The molecule has 2 unspecified atom stereocenters. The number of nitrogens with two attached hydrogens (primary N) is 1. The van der Waals surface area contributed by atoms with Crippen LogP contribution < -0.4 is 5.73 Å². The first-order chi connectivity index (χ1) is 5.56. The molecule has 0 aromatic heterocycles. The molecule has 0 rings (SSSR count). The van der Waals surface area contributed by atoms with E-state index in [-0.39, 0.29) is 12.6 Å². The lowest BCUT2D eigenvalue weighted by Gasteiger charge is -2.20. The Kier molecular flexibility index (Phi) is 6.34. The van der Waals surface area contributed by atoms with Crippen molar-refractivity contribution in [2.45, 2.75) is 26.3 Å². The van der Waals surface area contributed by atoms with Crippen LogP contribution in [0.5, 0.6) is 0 Å². The Bertz CT molecular complexity index is 107. The third-order valence-electron chi connectivity index (χ3n) is 1.90. The number of nitrogens with zero attached hydrogens (tertiary/aromatic N) is 1. The van der Waals surface area contributed by atoms with Crippen molar-refractivity contribution >= 4 is 0 Å². The van der Waals surface area contributed by atoms with Gasteiger partial charge in [-0.05, 0) is 32.9 Å². The predicted molar refractivity (Wildman–Crippen MR) is 52.0 cm³/mol. The van der Waals surface area contributed by atoms with Gasteiger partial charge in [0.1, 0.15) is 0 Å². The highest BCUT2D eigenvalue weighted by Gasteiger charge is 2.05. The standard InChI is InChI=1S/C9H22N2O/c1-8(7-12)6-11(3)5-4-9(2)10/h8-9,12H,4-7,10H2,1-3H3. The zero-order valence-electron chi connectivity index (χ0n) is 8.45. The van der Waals surface area contributed by atoms with Crippen molar-refractivity contribution in [2.24, 2.45) is 11.7 Å². The summed E-state index contributed by atoms with van der Waals surface area (Å²) in [5.41, 5.74) is 5.63. The van der Waals surface area contributed by atoms with Crippen molar-refractivity contribution in [1.29, 1.82) is 0 Å². The van der Waals surface area contributed by atoms with Gasteiger partial charge in [0.25, 0.3) is 0 Å². The highest BCUT2D eigenvalue weighted by molar-refractivity contribution is 4.61. The molecule has 0 aromatic carbocycles. The van der Waals surface area contributed by atoms with Crippen LogP contribution >= 0.6 is 0 Å². The Morgan fingerprint density at radius 1 is 1.42 bits per heavy atom. The summed E-state index contributed by atoms with van der Waals surface area (Å²) in [4.78, 5) is 2.21. The molecule has 0 aliphatic rings. The Hall–Kier alpha value is -0.120. The van der Waals surface area contributed by atoms with E-state index in [4.69, 9.17) is 10.8 Å². The second-order valence-electron chi connectivity index (χ2n) is 3.82. The summed E-state index contributed by atoms with van der Waals surface area (Å²) in [5.74, 6) is 0.364. The highest BCUT2D eigenvalue weighted by Crippen LogP contribution is 1.98. The molecule has 3 heteroatoms. The van der Waals surface area contributed by atoms with Crippen LogP contribution in [-0.2, 0) is 0 Å². The third-order valence-corrected chi connectivity index (χ3v) is 1.90. The molecule has 0 spiro atoms. The molecule has 3 nitrogen and oxygen atoms in total. The normalized spacial score (nSPS) is 16.5. The van der Waals surface area contributed by atoms with Crippen LogP contribution in [0.3, 0.4) is 0 Å². The average molecular weight is 174 g/mol. The number of aliphatic hydroxyl groups is 1. The number of hydrogen-bond acceptors (Lipinski definition) is 3. The summed E-state index contributed by atoms with van der Waals surface area (Å²) < 4.78 is 0. The minimum atomic E-state index is 0.266. The van der Waals surface area contributed by atoms with Crippen molar-refractivity contribution in [3.8, 4) is 0 Å². The molecule has 0 amide bonds. The van der Waals surface area contributed by atoms with E-state index in [0.29, 0.717) is 5.92 Å². The number of rotatable bonds is 6. The van der Waals surface area contributed by atoms with E-state index in [1.807, 2.05) is 13.8 Å². The molecular formula is C9H22N2O. The zero-order valence-corrected chi connectivity index (χ0v) is 8.45. The lowest BCUT2D eigenvalue weighted by molar-refractivity contribution is 0.189. The van der Waals surface area contributed by atoms with Crippen molar-refractivity contribution in [2.75, 3.05) is 26.7 Å². The van der Waals surface area contributed by atoms with E-state index in [1.54, 1.807) is 0 Å². The van der Waals surface area contributed by atoms with Gasteiger partial charge in [-0.2, -0.15) is 0 Å². The molecule has 0 aliphatic carbocycles. The SMILES string of the molecule is CC(N)CCN(C)CC(C)CO. The maximum atomic E-state index is 8.81. The Labute approximate surface area is 75.6 Å². The van der Waals surface area contributed by atoms with Crippen molar-refractivity contribution in [3.63, 3.8) is 0 Å². The van der Waals surface area contributed by atoms with Crippen LogP contribution in [-0.4, -0.2) is 42.8 Å². The first kappa shape index (κ1) is 11.9. The topological polar surface area (TPSA) is 49.5 Å². The van der Waals surface area contributed by atoms with Gasteiger partial charge >= 0.3 is 0 Å². The van der Waals surface area contributed by atoms with Crippen LogP contribution in [0.2, 0.25) is 0 Å². The number of hydrogen-bond donors (Lipinski definition) is 2. The largest absolute Gasteiger partial charge is 0.396 e. The first-order valence-electron chi connectivity index (χ1n) is 4.61. The van der Waals surface area contributed by atoms with Crippen LogP contribution in [0.1, 0.15) is 20.3 Å². The fourth-order valence-corrected chi connectivity index (χ4v) is 1.11. The van der Waals surface area contributed by atoms with Gasteiger partial charge in [0.15, 0.2) is 0 Å². The summed E-state index contributed by atoms with van der Waals surface area (Å²) in [6.45, 7) is 6.29. The molecule has 0 saturated heterocycles. The molecular weight excluding hydrogens is 152 g/mol. The summed E-state index contributed by atoms with van der Waals surface area (Å²) >= 11 is 0. The lowest BCUT2D eigenvalue weighted by atomic mass is 10.2. The molecule has 0 fully saturated rings. The van der Waals surface area contributed by atoms with E-state index in [1.165, 1.54) is 0 Å². The van der Waals surface area contributed by atoms with E-state index in [0.717, 1.165) is 19.5 Å². The Morgan fingerprint density at radius 2 is 2.00 bits per heavy atom. The first-order valence-corrected chi connectivity index (χ1v) is 4.61. The summed E-state index contributed by atoms with van der Waals surface area (Å²) in [6, 6.07) is 0.275. The van der Waals surface area contributed by atoms with Gasteiger partial charge in [0.2, 0.25) is 0 Å². The van der Waals surface area contributed by atoms with Crippen molar-refractivity contribution in [3.05, 3.63) is 0 Å². The van der Waals surface area contributed by atoms with Gasteiger partial charge in [-0.15, -0.1) is 0 Å². The molecule has 0 radical (unpaired) electrons. The zero-order chi connectivity index (χ0) is 9.56. The van der Waals surface area contributed by atoms with Gasteiger partial charge in [0.05, 0.1) is 0 Å². The molecule has 0 aliphatic heterocycles. The van der Waals surface area contributed by atoms with Crippen LogP contribution in [0.4, 0.5) is 0 Å². The minimum absolute atomic E-state index is 0.266. The van der Waals surface area contributed by atoms with Gasteiger partial charge in [-0.3, -0.25) is 0 Å². The third kappa shape index (κ3) is 6.58. The molecule has 2 atom stereocenters. The van der Waals surface area contributed by atoms with E-state index >= 15 is 0 Å². The lowest BCUT2D eigenvalue weighted by Crippen LogP contribution is -2.30. The van der Waals surface area contributed by atoms with Crippen molar-refractivity contribution in [1.82, 2.24) is 4.90 Å². The van der Waals surface area contributed by atoms with E-state index < -0.39 is 0 Å². The fraction of sp³-hybridized carbons (Fsp3) is 1.00. The molecule has 3 N–H and O–H groups in total. The number of aliphatic hydroxyl groups excluding tert-OH is 1. The van der Waals surface area contributed by atoms with Gasteiger partial charge < -0.3 is 15.7 Å². The average Bonchev–Trinajstić information content (AvgIpc) is 2.00. The highest BCUT2D eigenvalue weighted by atomic mass is 16.3. The smallest absolute Gasteiger partial charge is 0.0468 e. The second-order valence-corrected chi connectivity index (χ2v) is 3.82. The van der Waals surface area contributed by atoms with Crippen LogP contribution in [0.25, 0.3) is 0 Å². The predicted octanol–water partition coefficient (Wildman–Crippen LogP) is 0.284. The van der Waals surface area contributed by atoms with Crippen LogP contribution in [0, 0.1) is 5.92 Å². The van der Waals surface area contributed by atoms with Crippen LogP contribution in [0.15, 0.2) is 0 Å². The quantitative estimate of drug-likeness (QED) is 0.608. The maximum absolute atomic E-state index is 8.81. The molecule has 12 heavy (non-hydrogen) atoms. The molecule has 0 aromatic rings. The van der Waals surface area contributed by atoms with Crippen molar-refractivity contribution < 1.29 is 5.11 Å². The van der Waals surface area contributed by atoms with E-state index in [9.17, 15) is 0 Å². The monoisotopic (exact) mass is 174 g/mol. The van der Waals surface area contributed by atoms with E-state index in [2.05, 4.69) is 11.9 Å². The minimum Gasteiger partial charge on any atom is -0.396 e. The molecule has 0 saturated carbocycles. The fourth-order valence-electron chi connectivity index (χ4n) is 1.11. The second kappa shape index (κ2) is 6.40. The van der Waals surface area contributed by atoms with Gasteiger partial charge in [0, 0.05) is 19.2 Å². The maximum Gasteiger partial charge on any atom is 0.0468 e. The Balaban J connectivity index is 3.39. The Morgan fingerprint density at radius 3 is 2.42 bits per heavy atom. The van der Waals surface area contributed by atoms with Gasteiger partial charge in [-0.1, -0.05) is 6.92 Å². The molecule has 0 bridgehead atoms. The molecule has 74 valence electrons. The van der Waals surface area contributed by atoms with Gasteiger partial charge in [-0.25, -0.2) is 0 Å².